The molecule has 0 aromatic heterocycles. The standard InChI is InChI=1S/C40H34O6/c1-5-38(41)45-25-23-43-36-19-13-32(14-20-36)8-7-31-11-17-35(18-12-31)40-29(3)27-34(28-30(40)4)10-9-33-15-21-37(22-16-33)44-24-26-46-39(42)6-2/h5-6,11-22,27-28H,1-2,23-26H2,3-4H3. The molecule has 0 bridgehead atoms. The van der Waals surface area contributed by atoms with Crippen molar-refractivity contribution in [1.29, 1.82) is 0 Å². The van der Waals surface area contributed by atoms with Crippen LogP contribution in [0.3, 0.4) is 0 Å². The average Bonchev–Trinajstić information content (AvgIpc) is 3.07. The molecule has 0 radical (unpaired) electrons. The van der Waals surface area contributed by atoms with Gasteiger partial charge in [-0.05, 0) is 109 Å². The largest absolute Gasteiger partial charge is 0.490 e. The monoisotopic (exact) mass is 610 g/mol. The molecule has 0 saturated carbocycles. The second-order valence-electron chi connectivity index (χ2n) is 10.1. The second-order valence-corrected chi connectivity index (χ2v) is 10.1. The molecule has 0 fully saturated rings. The summed E-state index contributed by atoms with van der Waals surface area (Å²) in [6.45, 7) is 11.8. The zero-order chi connectivity index (χ0) is 32.7. The highest BCUT2D eigenvalue weighted by molar-refractivity contribution is 5.81. The van der Waals surface area contributed by atoms with Gasteiger partial charge in [0.25, 0.3) is 0 Å². The Labute approximate surface area is 270 Å². The topological polar surface area (TPSA) is 71.1 Å². The van der Waals surface area contributed by atoms with E-state index in [9.17, 15) is 9.59 Å². The van der Waals surface area contributed by atoms with Crippen molar-refractivity contribution in [1.82, 2.24) is 0 Å². The van der Waals surface area contributed by atoms with Gasteiger partial charge < -0.3 is 18.9 Å². The van der Waals surface area contributed by atoms with E-state index in [1.165, 1.54) is 5.56 Å². The van der Waals surface area contributed by atoms with Crippen molar-refractivity contribution < 1.29 is 28.5 Å². The summed E-state index contributed by atoms with van der Waals surface area (Å²) in [5.74, 6) is 13.3. The van der Waals surface area contributed by atoms with Crippen molar-refractivity contribution >= 4 is 11.9 Å². The van der Waals surface area contributed by atoms with Crippen molar-refractivity contribution in [3.63, 3.8) is 0 Å². The van der Waals surface area contributed by atoms with Gasteiger partial charge in [0.1, 0.15) is 37.9 Å². The maximum absolute atomic E-state index is 11.1. The van der Waals surface area contributed by atoms with Crippen LogP contribution in [0.5, 0.6) is 11.5 Å². The molecule has 4 rings (SSSR count). The molecule has 46 heavy (non-hydrogen) atoms. The molecule has 6 heteroatoms. The van der Waals surface area contributed by atoms with Crippen molar-refractivity contribution in [2.24, 2.45) is 0 Å². The van der Waals surface area contributed by atoms with Gasteiger partial charge in [0, 0.05) is 34.4 Å². The zero-order valence-electron chi connectivity index (χ0n) is 25.9. The molecule has 0 aliphatic heterocycles. The van der Waals surface area contributed by atoms with Crippen LogP contribution in [0, 0.1) is 37.5 Å². The molecule has 6 nitrogen and oxygen atoms in total. The predicted octanol–water partition coefficient (Wildman–Crippen LogP) is 6.99. The van der Waals surface area contributed by atoms with Gasteiger partial charge in [-0.25, -0.2) is 9.59 Å². The Kier molecular flexibility index (Phi) is 12.0. The molecule has 0 aliphatic carbocycles. The first-order valence-electron chi connectivity index (χ1n) is 14.6. The molecule has 0 amide bonds. The lowest BCUT2D eigenvalue weighted by molar-refractivity contribution is -0.139. The Bertz CT molecular complexity index is 1790. The number of rotatable bonds is 11. The Morgan fingerprint density at radius 1 is 0.565 bits per heavy atom. The molecule has 0 N–H and O–H groups in total. The maximum Gasteiger partial charge on any atom is 0.330 e. The van der Waals surface area contributed by atoms with E-state index in [-0.39, 0.29) is 26.4 Å². The summed E-state index contributed by atoms with van der Waals surface area (Å²) < 4.78 is 21.0. The molecule has 230 valence electrons. The molecule has 0 atom stereocenters. The van der Waals surface area contributed by atoms with E-state index in [1.807, 2.05) is 60.7 Å². The van der Waals surface area contributed by atoms with Crippen LogP contribution < -0.4 is 9.47 Å². The van der Waals surface area contributed by atoms with Gasteiger partial charge in [-0.1, -0.05) is 49.0 Å². The lowest BCUT2D eigenvalue weighted by Crippen LogP contribution is -2.10. The minimum Gasteiger partial charge on any atom is -0.490 e. The zero-order valence-corrected chi connectivity index (χ0v) is 25.9. The Balaban J connectivity index is 1.34. The Morgan fingerprint density at radius 2 is 0.935 bits per heavy atom. The first kappa shape index (κ1) is 32.9. The first-order chi connectivity index (χ1) is 22.3. The molecule has 0 spiro atoms. The van der Waals surface area contributed by atoms with Crippen LogP contribution in [-0.2, 0) is 19.1 Å². The van der Waals surface area contributed by atoms with Gasteiger partial charge in [0.05, 0.1) is 0 Å². The van der Waals surface area contributed by atoms with E-state index in [1.54, 1.807) is 0 Å². The lowest BCUT2D eigenvalue weighted by Gasteiger charge is -2.11. The fourth-order valence-corrected chi connectivity index (χ4v) is 4.49. The molecule has 0 aliphatic rings. The second kappa shape index (κ2) is 16.8. The predicted molar refractivity (Wildman–Crippen MR) is 179 cm³/mol. The van der Waals surface area contributed by atoms with Crippen LogP contribution >= 0.6 is 0 Å². The minimum atomic E-state index is -0.470. The maximum atomic E-state index is 11.1. The number of hydrogen-bond donors (Lipinski definition) is 0. The highest BCUT2D eigenvalue weighted by Gasteiger charge is 2.07. The van der Waals surface area contributed by atoms with Crippen LogP contribution in [0.1, 0.15) is 33.4 Å². The van der Waals surface area contributed by atoms with E-state index in [4.69, 9.17) is 18.9 Å². The summed E-state index contributed by atoms with van der Waals surface area (Å²) in [6, 6.07) is 27.4. The van der Waals surface area contributed by atoms with E-state index in [0.717, 1.165) is 51.1 Å². The number of aryl methyl sites for hydroxylation is 2. The third kappa shape index (κ3) is 10.0. The van der Waals surface area contributed by atoms with E-state index < -0.39 is 11.9 Å². The molecular weight excluding hydrogens is 576 g/mol. The van der Waals surface area contributed by atoms with Crippen molar-refractivity contribution in [2.75, 3.05) is 26.4 Å². The van der Waals surface area contributed by atoms with Gasteiger partial charge in [-0.15, -0.1) is 0 Å². The summed E-state index contributed by atoms with van der Waals surface area (Å²) in [4.78, 5) is 22.2. The van der Waals surface area contributed by atoms with Gasteiger partial charge in [-0.2, -0.15) is 0 Å². The van der Waals surface area contributed by atoms with Crippen molar-refractivity contribution in [3.05, 3.63) is 144 Å². The normalized spacial score (nSPS) is 9.87. The molecule has 0 heterocycles. The molecule has 0 unspecified atom stereocenters. The van der Waals surface area contributed by atoms with Crippen LogP contribution in [0.25, 0.3) is 11.1 Å². The fourth-order valence-electron chi connectivity index (χ4n) is 4.49. The third-order valence-electron chi connectivity index (χ3n) is 6.64. The van der Waals surface area contributed by atoms with Crippen LogP contribution in [-0.4, -0.2) is 38.4 Å². The molecule has 4 aromatic carbocycles. The third-order valence-corrected chi connectivity index (χ3v) is 6.64. The highest BCUT2D eigenvalue weighted by atomic mass is 16.6. The number of ether oxygens (including phenoxy) is 4. The van der Waals surface area contributed by atoms with E-state index in [0.29, 0.717) is 11.5 Å². The SMILES string of the molecule is C=CC(=O)OCCOc1ccc(C#Cc2ccc(-c3c(C)cc(C#Cc4ccc(OCCOC(=O)C=C)cc4)cc3C)cc2)cc1. The highest BCUT2D eigenvalue weighted by Crippen LogP contribution is 2.28. The summed E-state index contributed by atoms with van der Waals surface area (Å²) in [5, 5.41) is 0. The number of carbonyl (C=O) groups excluding carboxylic acids is 2. The molecular formula is C40H34O6. The lowest BCUT2D eigenvalue weighted by atomic mass is 9.93. The Morgan fingerprint density at radius 3 is 1.33 bits per heavy atom. The summed E-state index contributed by atoms with van der Waals surface area (Å²) >= 11 is 0. The molecule has 4 aromatic rings. The molecule has 0 saturated heterocycles. The first-order valence-corrected chi connectivity index (χ1v) is 14.6. The van der Waals surface area contributed by atoms with E-state index >= 15 is 0 Å². The van der Waals surface area contributed by atoms with Crippen LogP contribution in [0.4, 0.5) is 0 Å². The quantitative estimate of drug-likeness (QED) is 0.0790. The summed E-state index contributed by atoms with van der Waals surface area (Å²) in [7, 11) is 0. The van der Waals surface area contributed by atoms with Gasteiger partial charge >= 0.3 is 11.9 Å². The van der Waals surface area contributed by atoms with Crippen molar-refractivity contribution in [3.8, 4) is 46.3 Å². The minimum absolute atomic E-state index is 0.160. The summed E-state index contributed by atoms with van der Waals surface area (Å²) in [5.41, 5.74) is 8.18. The number of hydrogen-bond acceptors (Lipinski definition) is 6. The fraction of sp³-hybridized carbons (Fsp3) is 0.150. The number of esters is 2. The summed E-state index contributed by atoms with van der Waals surface area (Å²) in [6.07, 6.45) is 2.24. The van der Waals surface area contributed by atoms with Crippen LogP contribution in [0.15, 0.2) is 110 Å². The Hall–Kier alpha value is -5.98. The van der Waals surface area contributed by atoms with Crippen LogP contribution in [0.2, 0.25) is 0 Å². The van der Waals surface area contributed by atoms with Crippen molar-refractivity contribution in [2.45, 2.75) is 13.8 Å². The smallest absolute Gasteiger partial charge is 0.330 e. The van der Waals surface area contributed by atoms with E-state index in [2.05, 4.69) is 75.0 Å². The van der Waals surface area contributed by atoms with Gasteiger partial charge in [0.2, 0.25) is 0 Å². The van der Waals surface area contributed by atoms with Gasteiger partial charge in [-0.3, -0.25) is 0 Å². The number of benzene rings is 4. The van der Waals surface area contributed by atoms with Gasteiger partial charge in [0.15, 0.2) is 0 Å². The average molecular weight is 611 g/mol. The number of carbonyl (C=O) groups is 2.